The van der Waals surface area contributed by atoms with Gasteiger partial charge in [-0.25, -0.2) is 0 Å². The van der Waals surface area contributed by atoms with Crippen molar-refractivity contribution in [3.05, 3.63) is 0 Å². The van der Waals surface area contributed by atoms with Gasteiger partial charge in [-0.05, 0) is 64.2 Å². The second kappa shape index (κ2) is 15.8. The first kappa shape index (κ1) is 31.7. The van der Waals surface area contributed by atoms with Crippen molar-refractivity contribution in [3.63, 3.8) is 0 Å². The Morgan fingerprint density at radius 1 is 0.595 bits per heavy atom. The summed E-state index contributed by atoms with van der Waals surface area (Å²) in [5.74, 6) is 0.348. The number of hydrogen-bond donors (Lipinski definition) is 0. The van der Waals surface area contributed by atoms with E-state index in [9.17, 15) is 4.79 Å². The van der Waals surface area contributed by atoms with Crippen LogP contribution in [0.3, 0.4) is 0 Å². The Hall–Kier alpha value is 0.170. The summed E-state index contributed by atoms with van der Waals surface area (Å²) in [7, 11) is 0. The Bertz CT molecular complexity index is 596. The van der Waals surface area contributed by atoms with E-state index in [1.807, 2.05) is 0 Å². The van der Waals surface area contributed by atoms with Gasteiger partial charge >= 0.3 is 0 Å². The summed E-state index contributed by atoms with van der Waals surface area (Å²) in [6.45, 7) is 6.21. The Morgan fingerprint density at radius 3 is 1.24 bits per heavy atom. The highest BCUT2D eigenvalue weighted by Gasteiger charge is 2.79. The number of Topliss-reactive ketones (excluding diaryl/α,β-unsaturated/α-hetero) is 1. The number of carbonyl (C=O) groups excluding carboxylic acids is 1. The number of rotatable bonds is 18. The van der Waals surface area contributed by atoms with Gasteiger partial charge in [-0.3, -0.25) is 4.79 Å². The van der Waals surface area contributed by atoms with Crippen LogP contribution < -0.4 is 0 Å². The lowest BCUT2D eigenvalue weighted by molar-refractivity contribution is -0.176. The summed E-state index contributed by atoms with van der Waals surface area (Å²) in [5.41, 5.74) is -1.11. The van der Waals surface area contributed by atoms with Crippen LogP contribution in [0.5, 0.6) is 0 Å². The van der Waals surface area contributed by atoms with Gasteiger partial charge in [-0.2, -0.15) is 0 Å². The van der Waals surface area contributed by atoms with Crippen molar-refractivity contribution in [2.45, 2.75) is 172 Å². The Kier molecular flexibility index (Phi) is 13.6. The molecular formula is C32H56Cl2O3. The third kappa shape index (κ3) is 7.68. The van der Waals surface area contributed by atoms with Crippen LogP contribution in [0.2, 0.25) is 0 Å². The Labute approximate surface area is 238 Å². The summed E-state index contributed by atoms with van der Waals surface area (Å²) in [6, 6.07) is 0. The first-order chi connectivity index (χ1) is 17.9. The van der Waals surface area contributed by atoms with Crippen LogP contribution in [0.4, 0.5) is 0 Å². The number of hydrogen-bond acceptors (Lipinski definition) is 3. The van der Waals surface area contributed by atoms with E-state index in [0.717, 1.165) is 77.4 Å². The van der Waals surface area contributed by atoms with E-state index in [0.29, 0.717) is 5.78 Å². The number of ketones is 1. The highest BCUT2D eigenvalue weighted by molar-refractivity contribution is 6.55. The third-order valence-corrected chi connectivity index (χ3v) is 11.3. The maximum atomic E-state index is 13.7. The van der Waals surface area contributed by atoms with Crippen molar-refractivity contribution in [1.29, 1.82) is 0 Å². The van der Waals surface area contributed by atoms with Crippen molar-refractivity contribution in [3.8, 4) is 0 Å². The Morgan fingerprint density at radius 2 is 0.919 bits per heavy atom. The molecule has 3 rings (SSSR count). The average molecular weight is 560 g/mol. The van der Waals surface area contributed by atoms with Gasteiger partial charge in [0.05, 0.1) is 23.0 Å². The summed E-state index contributed by atoms with van der Waals surface area (Å²) in [5, 5.41) is 0. The maximum absolute atomic E-state index is 13.7. The summed E-state index contributed by atoms with van der Waals surface area (Å²) < 4.78 is 11.4. The number of halogens is 2. The molecule has 0 amide bonds. The van der Waals surface area contributed by atoms with E-state index < -0.39 is 15.2 Å². The molecule has 3 aliphatic rings. The lowest BCUT2D eigenvalue weighted by Gasteiger charge is -2.66. The van der Waals surface area contributed by atoms with Crippen LogP contribution in [-0.2, 0) is 14.3 Å². The molecule has 2 spiro atoms. The van der Waals surface area contributed by atoms with Crippen molar-refractivity contribution in [2.24, 2.45) is 10.8 Å². The molecule has 37 heavy (non-hydrogen) atoms. The molecule has 0 radical (unpaired) electrons. The van der Waals surface area contributed by atoms with Gasteiger partial charge < -0.3 is 9.47 Å². The normalized spacial score (nSPS) is 31.2. The van der Waals surface area contributed by atoms with Crippen molar-refractivity contribution in [1.82, 2.24) is 0 Å². The van der Waals surface area contributed by atoms with Crippen molar-refractivity contribution < 1.29 is 14.3 Å². The fraction of sp³-hybridized carbons (Fsp3) is 0.969. The third-order valence-electron chi connectivity index (χ3n) is 9.85. The van der Waals surface area contributed by atoms with Gasteiger partial charge in [-0.15, -0.1) is 0 Å². The first-order valence-electron chi connectivity index (χ1n) is 16.1. The van der Waals surface area contributed by atoms with Crippen LogP contribution in [0.15, 0.2) is 0 Å². The second-order valence-corrected chi connectivity index (χ2v) is 13.8. The maximum Gasteiger partial charge on any atom is 0.151 e. The molecule has 0 saturated heterocycles. The van der Waals surface area contributed by atoms with Gasteiger partial charge in [0, 0.05) is 13.2 Å². The minimum Gasteiger partial charge on any atom is -0.378 e. The molecule has 3 nitrogen and oxygen atoms in total. The molecule has 0 N–H and O–H groups in total. The highest BCUT2D eigenvalue weighted by atomic mass is 35.5. The monoisotopic (exact) mass is 558 g/mol. The summed E-state index contributed by atoms with van der Waals surface area (Å²) in [6.07, 6.45) is 25.5. The molecule has 0 aromatic carbocycles. The fourth-order valence-corrected chi connectivity index (χ4v) is 8.44. The largest absolute Gasteiger partial charge is 0.378 e. The molecule has 0 aromatic heterocycles. The van der Waals surface area contributed by atoms with Gasteiger partial charge in [-0.1, -0.05) is 114 Å². The van der Waals surface area contributed by atoms with Crippen molar-refractivity contribution in [2.75, 3.05) is 13.2 Å². The number of carbonyl (C=O) groups is 1. The van der Waals surface area contributed by atoms with E-state index in [1.165, 1.54) is 77.0 Å². The number of unbranched alkanes of at least 4 members (excludes halogenated alkanes) is 12. The van der Waals surface area contributed by atoms with Crippen LogP contribution in [-0.4, -0.2) is 35.5 Å². The van der Waals surface area contributed by atoms with Crippen LogP contribution in [0.1, 0.15) is 155 Å². The van der Waals surface area contributed by atoms with E-state index in [2.05, 4.69) is 13.8 Å². The highest BCUT2D eigenvalue weighted by Crippen LogP contribution is 2.74. The lowest BCUT2D eigenvalue weighted by Crippen LogP contribution is -2.74. The topological polar surface area (TPSA) is 35.5 Å². The van der Waals surface area contributed by atoms with E-state index in [4.69, 9.17) is 32.7 Å². The van der Waals surface area contributed by atoms with Gasteiger partial charge in [0.15, 0.2) is 5.78 Å². The molecule has 0 unspecified atom stereocenters. The molecule has 0 heterocycles. The summed E-state index contributed by atoms with van der Waals surface area (Å²) in [4.78, 5) is 13.7. The SMILES string of the molecule is CCCCCCCCCOC1CC[C@]2(CC1)C(=O)[C@@]1(CCC(OCCCCCCCCC)CC1)C2(Cl)Cl. The molecule has 0 bridgehead atoms. The Balaban J connectivity index is 1.32. The van der Waals surface area contributed by atoms with Gasteiger partial charge in [0.25, 0.3) is 0 Å². The predicted molar refractivity (Wildman–Crippen MR) is 157 cm³/mol. The smallest absolute Gasteiger partial charge is 0.151 e. The first-order valence-corrected chi connectivity index (χ1v) is 16.8. The summed E-state index contributed by atoms with van der Waals surface area (Å²) >= 11 is 14.2. The van der Waals surface area contributed by atoms with Crippen LogP contribution in [0, 0.1) is 10.8 Å². The molecule has 5 heteroatoms. The zero-order valence-electron chi connectivity index (χ0n) is 24.1. The quantitative estimate of drug-likeness (QED) is 0.124. The molecule has 0 aromatic rings. The zero-order valence-corrected chi connectivity index (χ0v) is 25.6. The molecular weight excluding hydrogens is 503 g/mol. The minimum atomic E-state index is -0.940. The molecule has 0 aliphatic heterocycles. The standard InChI is InChI=1S/C32H56Cl2O3/c1-3-5-7-9-11-13-15-25-36-27-17-21-30(22-18-27)29(35)31(32(30,33)34)23-19-28(20-24-31)37-26-16-14-12-10-8-6-4-2/h27-28H,3-26H2,1-2H3/t27?,28?,30-,31-. The van der Waals surface area contributed by atoms with Crippen LogP contribution >= 0.6 is 23.2 Å². The van der Waals surface area contributed by atoms with Crippen molar-refractivity contribution >= 4 is 29.0 Å². The average Bonchev–Trinajstić information content (AvgIpc) is 2.92. The van der Waals surface area contributed by atoms with E-state index in [1.54, 1.807) is 0 Å². The molecule has 0 atom stereocenters. The molecule has 3 aliphatic carbocycles. The second-order valence-electron chi connectivity index (χ2n) is 12.5. The van der Waals surface area contributed by atoms with Crippen LogP contribution in [0.25, 0.3) is 0 Å². The van der Waals surface area contributed by atoms with E-state index >= 15 is 0 Å². The minimum absolute atomic E-state index is 0.259. The van der Waals surface area contributed by atoms with Gasteiger partial charge in [0.2, 0.25) is 0 Å². The molecule has 3 saturated carbocycles. The lowest BCUT2D eigenvalue weighted by atomic mass is 9.43. The molecule has 216 valence electrons. The fourth-order valence-electron chi connectivity index (χ4n) is 7.34. The zero-order chi connectivity index (χ0) is 26.6. The molecule has 3 fully saturated rings. The number of ether oxygens (including phenoxy) is 2. The predicted octanol–water partition coefficient (Wildman–Crippen LogP) is 10.1. The number of alkyl halides is 2. The van der Waals surface area contributed by atoms with Gasteiger partial charge in [0.1, 0.15) is 4.33 Å². The van der Waals surface area contributed by atoms with E-state index in [-0.39, 0.29) is 12.2 Å².